The van der Waals surface area contributed by atoms with Gasteiger partial charge in [0.25, 0.3) is 0 Å². The summed E-state index contributed by atoms with van der Waals surface area (Å²) in [7, 11) is -4.67. The Morgan fingerprint density at radius 2 is 1.92 bits per heavy atom. The summed E-state index contributed by atoms with van der Waals surface area (Å²) in [6, 6.07) is 9.26. The Hall–Kier alpha value is -2.00. The second kappa shape index (κ2) is 6.48. The van der Waals surface area contributed by atoms with Crippen LogP contribution in [0.25, 0.3) is 5.65 Å². The molecular formula is C15H12BrF2N3O2S. The maximum absolute atomic E-state index is 12.8. The van der Waals surface area contributed by atoms with Crippen LogP contribution in [0.3, 0.4) is 0 Å². The van der Waals surface area contributed by atoms with Gasteiger partial charge in [0.2, 0.25) is 9.84 Å². The molecule has 0 atom stereocenters. The van der Waals surface area contributed by atoms with E-state index in [-0.39, 0.29) is 12.2 Å². The van der Waals surface area contributed by atoms with Gasteiger partial charge in [-0.3, -0.25) is 0 Å². The molecule has 24 heavy (non-hydrogen) atoms. The normalized spacial score (nSPS) is 12.0. The van der Waals surface area contributed by atoms with Crippen LogP contribution in [0.1, 0.15) is 5.69 Å². The first kappa shape index (κ1) is 16.8. The molecule has 0 saturated carbocycles. The number of pyridine rings is 1. The lowest BCUT2D eigenvalue weighted by molar-refractivity contribution is 0.235. The third kappa shape index (κ3) is 3.27. The van der Waals surface area contributed by atoms with Gasteiger partial charge in [-0.2, -0.15) is 8.78 Å². The highest BCUT2D eigenvalue weighted by Crippen LogP contribution is 2.26. The maximum Gasteiger partial charge on any atom is 0.341 e. The number of nitrogens with one attached hydrogen (secondary N) is 1. The van der Waals surface area contributed by atoms with E-state index in [0.29, 0.717) is 5.69 Å². The largest absolute Gasteiger partial charge is 0.378 e. The molecule has 9 heteroatoms. The average molecular weight is 416 g/mol. The van der Waals surface area contributed by atoms with Crippen LogP contribution in [0.15, 0.2) is 58.2 Å². The summed E-state index contributed by atoms with van der Waals surface area (Å²) in [5.74, 6) is -3.46. The minimum atomic E-state index is -4.67. The van der Waals surface area contributed by atoms with Gasteiger partial charge in [0.05, 0.1) is 22.8 Å². The lowest BCUT2D eigenvalue weighted by Crippen LogP contribution is -2.14. The molecule has 3 rings (SSSR count). The molecule has 1 aromatic carbocycles. The Morgan fingerprint density at radius 1 is 1.17 bits per heavy atom. The number of sulfone groups is 1. The zero-order valence-corrected chi connectivity index (χ0v) is 14.6. The second-order valence-electron chi connectivity index (χ2n) is 5.00. The van der Waals surface area contributed by atoms with E-state index in [0.717, 1.165) is 16.2 Å². The van der Waals surface area contributed by atoms with Crippen molar-refractivity contribution in [2.24, 2.45) is 0 Å². The van der Waals surface area contributed by atoms with Gasteiger partial charge in [0.15, 0.2) is 0 Å². The van der Waals surface area contributed by atoms with E-state index in [1.165, 1.54) is 12.1 Å². The number of fused-ring (bicyclic) bond motifs is 1. The third-order valence-electron chi connectivity index (χ3n) is 3.35. The van der Waals surface area contributed by atoms with E-state index < -0.39 is 20.5 Å². The number of hydrogen-bond acceptors (Lipinski definition) is 4. The van der Waals surface area contributed by atoms with Gasteiger partial charge in [-0.15, -0.1) is 0 Å². The SMILES string of the molecule is O=S(=O)(c1ccccc1NCc1cn2cc(Br)ccc2n1)C(F)F. The predicted molar refractivity (Wildman–Crippen MR) is 89.9 cm³/mol. The van der Waals surface area contributed by atoms with Crippen molar-refractivity contribution in [3.63, 3.8) is 0 Å². The second-order valence-corrected chi connectivity index (χ2v) is 7.80. The van der Waals surface area contributed by atoms with Crippen LogP contribution in [0.5, 0.6) is 0 Å². The van der Waals surface area contributed by atoms with E-state index in [9.17, 15) is 17.2 Å². The van der Waals surface area contributed by atoms with Crippen LogP contribution < -0.4 is 5.32 Å². The highest BCUT2D eigenvalue weighted by molar-refractivity contribution is 9.10. The molecule has 0 radical (unpaired) electrons. The lowest BCUT2D eigenvalue weighted by Gasteiger charge is -2.11. The topological polar surface area (TPSA) is 63.5 Å². The van der Waals surface area contributed by atoms with Gasteiger partial charge in [0.1, 0.15) is 5.65 Å². The third-order valence-corrected chi connectivity index (χ3v) is 5.26. The minimum Gasteiger partial charge on any atom is -0.378 e. The molecule has 5 nitrogen and oxygen atoms in total. The molecule has 0 bridgehead atoms. The summed E-state index contributed by atoms with van der Waals surface area (Å²) in [5, 5.41) is 2.87. The molecule has 0 aliphatic carbocycles. The molecule has 0 amide bonds. The number of aromatic nitrogens is 2. The van der Waals surface area contributed by atoms with Gasteiger partial charge >= 0.3 is 5.76 Å². The maximum atomic E-state index is 12.8. The molecule has 0 spiro atoms. The zero-order valence-electron chi connectivity index (χ0n) is 12.2. The van der Waals surface area contributed by atoms with Gasteiger partial charge in [-0.25, -0.2) is 13.4 Å². The predicted octanol–water partition coefficient (Wildman–Crippen LogP) is 3.71. The first-order valence-electron chi connectivity index (χ1n) is 6.86. The van der Waals surface area contributed by atoms with Gasteiger partial charge in [-0.1, -0.05) is 12.1 Å². The van der Waals surface area contributed by atoms with Crippen molar-refractivity contribution in [2.75, 3.05) is 5.32 Å². The van der Waals surface area contributed by atoms with E-state index in [2.05, 4.69) is 26.2 Å². The van der Waals surface area contributed by atoms with Crippen LogP contribution in [-0.4, -0.2) is 23.6 Å². The number of imidazole rings is 1. The zero-order chi connectivity index (χ0) is 17.3. The Bertz CT molecular complexity index is 989. The standard InChI is InChI=1S/C15H12BrF2N3O2S/c16-10-5-6-14-20-11(9-21(14)8-10)7-19-12-3-1-2-4-13(12)24(22,23)15(17)18/h1-6,8-9,15,19H,7H2. The van der Waals surface area contributed by atoms with Crippen LogP contribution in [-0.2, 0) is 16.4 Å². The van der Waals surface area contributed by atoms with E-state index >= 15 is 0 Å². The molecule has 0 aliphatic heterocycles. The molecule has 0 fully saturated rings. The minimum absolute atomic E-state index is 0.121. The number of para-hydroxylation sites is 1. The first-order valence-corrected chi connectivity index (χ1v) is 9.20. The number of hydrogen-bond donors (Lipinski definition) is 1. The fourth-order valence-electron chi connectivity index (χ4n) is 2.24. The van der Waals surface area contributed by atoms with Crippen molar-refractivity contribution in [2.45, 2.75) is 17.2 Å². The fraction of sp³-hybridized carbons (Fsp3) is 0.133. The van der Waals surface area contributed by atoms with Crippen molar-refractivity contribution in [1.82, 2.24) is 9.38 Å². The molecule has 0 saturated heterocycles. The van der Waals surface area contributed by atoms with Crippen molar-refractivity contribution >= 4 is 37.1 Å². The summed E-state index contributed by atoms with van der Waals surface area (Å²) in [6.07, 6.45) is 3.61. The Balaban J connectivity index is 1.86. The molecule has 2 heterocycles. The number of halogens is 3. The summed E-state index contributed by atoms with van der Waals surface area (Å²) in [4.78, 5) is 3.95. The molecule has 126 valence electrons. The molecule has 1 N–H and O–H groups in total. The van der Waals surface area contributed by atoms with E-state index in [1.807, 2.05) is 22.7 Å². The van der Waals surface area contributed by atoms with Gasteiger partial charge in [0, 0.05) is 16.9 Å². The van der Waals surface area contributed by atoms with Gasteiger partial charge < -0.3 is 9.72 Å². The van der Waals surface area contributed by atoms with Crippen LogP contribution in [0.2, 0.25) is 0 Å². The van der Waals surface area contributed by atoms with Crippen molar-refractivity contribution in [3.05, 3.63) is 59.0 Å². The summed E-state index contributed by atoms with van der Waals surface area (Å²) in [6.45, 7) is 0.203. The number of rotatable bonds is 5. The van der Waals surface area contributed by atoms with Crippen LogP contribution >= 0.6 is 15.9 Å². The van der Waals surface area contributed by atoms with E-state index in [4.69, 9.17) is 0 Å². The summed E-state index contributed by atoms with van der Waals surface area (Å²) < 4.78 is 51.7. The van der Waals surface area contributed by atoms with Gasteiger partial charge in [-0.05, 0) is 40.2 Å². The average Bonchev–Trinajstić information content (AvgIpc) is 2.95. The number of benzene rings is 1. The summed E-state index contributed by atoms with van der Waals surface area (Å²) in [5.41, 5.74) is 1.50. The lowest BCUT2D eigenvalue weighted by atomic mass is 10.3. The Morgan fingerprint density at radius 3 is 2.67 bits per heavy atom. The molecule has 2 aromatic heterocycles. The Labute approximate surface area is 145 Å². The smallest absolute Gasteiger partial charge is 0.341 e. The molecule has 0 unspecified atom stereocenters. The van der Waals surface area contributed by atoms with Crippen molar-refractivity contribution in [1.29, 1.82) is 0 Å². The highest BCUT2D eigenvalue weighted by Gasteiger charge is 2.28. The molecular weight excluding hydrogens is 404 g/mol. The number of anilines is 1. The fourth-order valence-corrected chi connectivity index (χ4v) is 3.50. The van der Waals surface area contributed by atoms with E-state index in [1.54, 1.807) is 12.3 Å². The van der Waals surface area contributed by atoms with Crippen molar-refractivity contribution < 1.29 is 17.2 Å². The summed E-state index contributed by atoms with van der Waals surface area (Å²) >= 11 is 3.36. The van der Waals surface area contributed by atoms with Crippen LogP contribution in [0.4, 0.5) is 14.5 Å². The Kier molecular flexibility index (Phi) is 4.55. The monoisotopic (exact) mass is 415 g/mol. The number of nitrogens with zero attached hydrogens (tertiary/aromatic N) is 2. The first-order chi connectivity index (χ1) is 11.4. The molecule has 0 aliphatic rings. The van der Waals surface area contributed by atoms with Crippen molar-refractivity contribution in [3.8, 4) is 0 Å². The number of alkyl halides is 2. The highest BCUT2D eigenvalue weighted by atomic mass is 79.9. The quantitative estimate of drug-likeness (QED) is 0.689. The molecule has 3 aromatic rings. The van der Waals surface area contributed by atoms with Crippen LogP contribution in [0, 0.1) is 0 Å².